The molecule has 0 amide bonds. The van der Waals surface area contributed by atoms with E-state index >= 15 is 0 Å². The van der Waals surface area contributed by atoms with Crippen LogP contribution >= 0.6 is 0 Å². The Kier molecular flexibility index (Phi) is 4.03. The molecule has 0 heterocycles. The lowest BCUT2D eigenvalue weighted by molar-refractivity contribution is -0.145. The van der Waals surface area contributed by atoms with Crippen LogP contribution in [0.5, 0.6) is 0 Å². The molecule has 0 radical (unpaired) electrons. The molecule has 0 bridgehead atoms. The molecule has 0 N–H and O–H groups in total. The van der Waals surface area contributed by atoms with Crippen LogP contribution in [0, 0.1) is 0 Å². The minimum absolute atomic E-state index is 0.00694. The van der Waals surface area contributed by atoms with Crippen LogP contribution in [0.25, 0.3) is 0 Å². The Balaban J connectivity index is 3.43. The molecule has 0 unspecified atom stereocenters. The average Bonchev–Trinajstić information content (AvgIpc) is 1.58. The zero-order chi connectivity index (χ0) is 8.15. The van der Waals surface area contributed by atoms with Gasteiger partial charge in [-0.1, -0.05) is 0 Å². The molecule has 0 aliphatic carbocycles. The van der Waals surface area contributed by atoms with Gasteiger partial charge in [-0.25, -0.2) is 0 Å². The summed E-state index contributed by atoms with van der Waals surface area (Å²) in [5, 5.41) is 0. The molecule has 3 heteroatoms. The molecule has 10 heavy (non-hydrogen) atoms. The van der Waals surface area contributed by atoms with Crippen molar-refractivity contribution in [2.75, 3.05) is 20.6 Å². The number of carbonyl (C=O) groups excluding carboxylic acids is 1. The fourth-order valence-corrected chi connectivity index (χ4v) is 0.835. The minimum Gasteiger partial charge on any atom is -0.461 e. The lowest BCUT2D eigenvalue weighted by atomic mass is 10.4. The van der Waals surface area contributed by atoms with Gasteiger partial charge in [0, 0.05) is 13.5 Å². The van der Waals surface area contributed by atoms with E-state index in [1.54, 1.807) is 0 Å². The number of hydrogen-bond donors (Lipinski definition) is 0. The van der Waals surface area contributed by atoms with Crippen molar-refractivity contribution in [3.63, 3.8) is 0 Å². The van der Waals surface area contributed by atoms with E-state index in [-0.39, 0.29) is 12.1 Å². The fraction of sp³-hybridized carbons (Fsp3) is 0.857. The van der Waals surface area contributed by atoms with Crippen LogP contribution in [0.4, 0.5) is 0 Å². The van der Waals surface area contributed by atoms with E-state index in [1.165, 1.54) is 6.92 Å². The monoisotopic (exact) mass is 145 g/mol. The summed E-state index contributed by atoms with van der Waals surface area (Å²) in [6.45, 7) is 4.08. The maximum Gasteiger partial charge on any atom is 0.302 e. The van der Waals surface area contributed by atoms with Crippen LogP contribution in [0.3, 0.4) is 0 Å². The molecule has 0 saturated carbocycles. The summed E-state index contributed by atoms with van der Waals surface area (Å²) in [7, 11) is 3.89. The molecule has 60 valence electrons. The molecule has 0 aliphatic rings. The fourth-order valence-electron chi connectivity index (χ4n) is 0.835. The van der Waals surface area contributed by atoms with Gasteiger partial charge in [0.25, 0.3) is 0 Å². The lowest BCUT2D eigenvalue weighted by Gasteiger charge is -2.16. The predicted octanol–water partition coefficient (Wildman–Crippen LogP) is 0.500. The summed E-state index contributed by atoms with van der Waals surface area (Å²) in [4.78, 5) is 12.4. The summed E-state index contributed by atoms with van der Waals surface area (Å²) < 4.78 is 4.88. The van der Waals surface area contributed by atoms with E-state index in [4.69, 9.17) is 4.74 Å². The highest BCUT2D eigenvalue weighted by Gasteiger charge is 2.04. The van der Waals surface area contributed by atoms with Crippen LogP contribution < -0.4 is 0 Å². The van der Waals surface area contributed by atoms with Crippen LogP contribution in [0.2, 0.25) is 0 Å². The number of carbonyl (C=O) groups is 1. The zero-order valence-corrected chi connectivity index (χ0v) is 7.05. The maximum atomic E-state index is 10.4. The summed E-state index contributed by atoms with van der Waals surface area (Å²) in [6.07, 6.45) is -0.00694. The Labute approximate surface area is 62.0 Å². The standard InChI is InChI=1S/C7H15NO2/c1-6(5-8(3)4)10-7(2)9/h6H,5H2,1-4H3/t6-/m1/s1. The van der Waals surface area contributed by atoms with Gasteiger partial charge in [0.1, 0.15) is 6.10 Å². The quantitative estimate of drug-likeness (QED) is 0.542. The molecule has 0 aromatic heterocycles. The van der Waals surface area contributed by atoms with Crippen molar-refractivity contribution in [3.05, 3.63) is 0 Å². The van der Waals surface area contributed by atoms with E-state index in [0.717, 1.165) is 6.54 Å². The molecule has 0 aromatic rings. The minimum atomic E-state index is -0.214. The first kappa shape index (κ1) is 9.43. The molecule has 0 saturated heterocycles. The lowest BCUT2D eigenvalue weighted by Crippen LogP contribution is -2.27. The Morgan fingerprint density at radius 1 is 1.60 bits per heavy atom. The normalized spacial score (nSPS) is 13.3. The van der Waals surface area contributed by atoms with Gasteiger partial charge in [0.15, 0.2) is 0 Å². The molecule has 0 rings (SSSR count). The van der Waals surface area contributed by atoms with Gasteiger partial charge in [0.2, 0.25) is 0 Å². The molecule has 0 fully saturated rings. The topological polar surface area (TPSA) is 29.5 Å². The van der Waals surface area contributed by atoms with Gasteiger partial charge in [-0.3, -0.25) is 4.79 Å². The Morgan fingerprint density at radius 2 is 2.10 bits per heavy atom. The van der Waals surface area contributed by atoms with Crippen molar-refractivity contribution in [2.45, 2.75) is 20.0 Å². The van der Waals surface area contributed by atoms with Crippen molar-refractivity contribution in [1.29, 1.82) is 0 Å². The van der Waals surface area contributed by atoms with Crippen molar-refractivity contribution >= 4 is 5.97 Å². The van der Waals surface area contributed by atoms with Crippen LogP contribution in [0.1, 0.15) is 13.8 Å². The maximum absolute atomic E-state index is 10.4. The summed E-state index contributed by atoms with van der Waals surface area (Å²) in [6, 6.07) is 0. The van der Waals surface area contributed by atoms with Crippen LogP contribution in [-0.4, -0.2) is 37.6 Å². The molecule has 0 aromatic carbocycles. The Hall–Kier alpha value is -0.570. The van der Waals surface area contributed by atoms with Gasteiger partial charge >= 0.3 is 5.97 Å². The third-order valence-corrected chi connectivity index (χ3v) is 0.989. The first-order valence-corrected chi connectivity index (χ1v) is 3.34. The predicted molar refractivity (Wildman–Crippen MR) is 39.8 cm³/mol. The number of nitrogens with zero attached hydrogens (tertiary/aromatic N) is 1. The third-order valence-electron chi connectivity index (χ3n) is 0.989. The molecule has 3 nitrogen and oxygen atoms in total. The van der Waals surface area contributed by atoms with E-state index in [9.17, 15) is 4.79 Å². The van der Waals surface area contributed by atoms with E-state index in [1.807, 2.05) is 25.9 Å². The Morgan fingerprint density at radius 3 is 2.40 bits per heavy atom. The second-order valence-electron chi connectivity index (χ2n) is 2.68. The van der Waals surface area contributed by atoms with Crippen molar-refractivity contribution in [2.24, 2.45) is 0 Å². The van der Waals surface area contributed by atoms with E-state index < -0.39 is 0 Å². The first-order valence-electron chi connectivity index (χ1n) is 3.34. The van der Waals surface area contributed by atoms with E-state index in [0.29, 0.717) is 0 Å². The largest absolute Gasteiger partial charge is 0.461 e. The number of esters is 1. The van der Waals surface area contributed by atoms with Crippen LogP contribution in [0.15, 0.2) is 0 Å². The van der Waals surface area contributed by atoms with Gasteiger partial charge < -0.3 is 9.64 Å². The average molecular weight is 145 g/mol. The highest BCUT2D eigenvalue weighted by atomic mass is 16.5. The smallest absolute Gasteiger partial charge is 0.302 e. The summed E-state index contributed by atoms with van der Waals surface area (Å²) in [5.41, 5.74) is 0. The van der Waals surface area contributed by atoms with Gasteiger partial charge in [-0.2, -0.15) is 0 Å². The van der Waals surface area contributed by atoms with E-state index in [2.05, 4.69) is 0 Å². The number of hydrogen-bond acceptors (Lipinski definition) is 3. The Bertz CT molecular complexity index is 112. The highest BCUT2D eigenvalue weighted by Crippen LogP contribution is 1.91. The highest BCUT2D eigenvalue weighted by molar-refractivity contribution is 5.66. The second kappa shape index (κ2) is 4.28. The summed E-state index contributed by atoms with van der Waals surface area (Å²) in [5.74, 6) is -0.214. The number of rotatable bonds is 3. The molecule has 1 atom stereocenters. The van der Waals surface area contributed by atoms with Crippen molar-refractivity contribution < 1.29 is 9.53 Å². The second-order valence-corrected chi connectivity index (χ2v) is 2.68. The molecular formula is C7H15NO2. The SMILES string of the molecule is CC(=O)O[C@H](C)CN(C)C. The van der Waals surface area contributed by atoms with Crippen molar-refractivity contribution in [3.8, 4) is 0 Å². The molecule has 0 aliphatic heterocycles. The van der Waals surface area contributed by atoms with Gasteiger partial charge in [0.05, 0.1) is 0 Å². The molecule has 0 spiro atoms. The summed E-state index contributed by atoms with van der Waals surface area (Å²) >= 11 is 0. The number of ether oxygens (including phenoxy) is 1. The van der Waals surface area contributed by atoms with Gasteiger partial charge in [-0.05, 0) is 21.0 Å². The number of likely N-dealkylation sites (N-methyl/N-ethyl adjacent to an activating group) is 1. The van der Waals surface area contributed by atoms with Crippen LogP contribution in [-0.2, 0) is 9.53 Å². The van der Waals surface area contributed by atoms with Crippen molar-refractivity contribution in [1.82, 2.24) is 4.90 Å². The molecular weight excluding hydrogens is 130 g/mol. The van der Waals surface area contributed by atoms with Gasteiger partial charge in [-0.15, -0.1) is 0 Å². The zero-order valence-electron chi connectivity index (χ0n) is 7.05. The third kappa shape index (κ3) is 5.56. The first-order chi connectivity index (χ1) is 4.52.